The van der Waals surface area contributed by atoms with Crippen molar-refractivity contribution in [3.8, 4) is 11.3 Å². The molecule has 2 rings (SSSR count). The number of hydrogen-bond acceptors (Lipinski definition) is 5. The lowest BCUT2D eigenvalue weighted by atomic mass is 10.0. The monoisotopic (exact) mass is 423 g/mol. The van der Waals surface area contributed by atoms with E-state index in [2.05, 4.69) is 20.6 Å². The molecule has 12 heteroatoms. The van der Waals surface area contributed by atoms with Crippen LogP contribution in [0.25, 0.3) is 11.3 Å². The van der Waals surface area contributed by atoms with Crippen LogP contribution >= 0.6 is 11.6 Å². The van der Waals surface area contributed by atoms with E-state index in [1.54, 1.807) is 0 Å². The highest BCUT2D eigenvalue weighted by atomic mass is 35.5. The highest BCUT2D eigenvalue weighted by Crippen LogP contribution is 2.36. The Morgan fingerprint density at radius 2 is 1.82 bits per heavy atom. The van der Waals surface area contributed by atoms with Crippen molar-refractivity contribution in [1.29, 1.82) is 0 Å². The van der Waals surface area contributed by atoms with Crippen molar-refractivity contribution in [1.82, 2.24) is 10.4 Å². The van der Waals surface area contributed by atoms with E-state index in [0.29, 0.717) is 0 Å². The van der Waals surface area contributed by atoms with Gasteiger partial charge >= 0.3 is 5.97 Å². The fourth-order valence-corrected chi connectivity index (χ4v) is 2.40. The van der Waals surface area contributed by atoms with E-state index in [4.69, 9.17) is 11.6 Å². The summed E-state index contributed by atoms with van der Waals surface area (Å²) in [7, 11) is 0.974. The molecule has 0 atom stereocenters. The SMILES string of the molecule is COC(=O)c1nc(-c2c(F)cc(F)c(C(F)F)c2F)cc(NNC(C)=O)c1Cl. The van der Waals surface area contributed by atoms with Crippen LogP contribution < -0.4 is 10.9 Å². The molecule has 0 aliphatic carbocycles. The van der Waals surface area contributed by atoms with E-state index >= 15 is 0 Å². The first-order valence-electron chi connectivity index (χ1n) is 7.35. The molecular weight excluding hydrogens is 413 g/mol. The molecule has 0 aliphatic heterocycles. The fourth-order valence-electron chi connectivity index (χ4n) is 2.18. The van der Waals surface area contributed by atoms with Crippen molar-refractivity contribution in [2.75, 3.05) is 12.5 Å². The molecule has 28 heavy (non-hydrogen) atoms. The Labute approximate surface area is 159 Å². The molecule has 1 heterocycles. The van der Waals surface area contributed by atoms with Crippen molar-refractivity contribution in [3.05, 3.63) is 45.9 Å². The number of esters is 1. The van der Waals surface area contributed by atoms with Crippen LogP contribution in [0.5, 0.6) is 0 Å². The predicted molar refractivity (Wildman–Crippen MR) is 88.3 cm³/mol. The third kappa shape index (κ3) is 4.14. The Balaban J connectivity index is 2.78. The molecule has 1 amide bonds. The lowest BCUT2D eigenvalue weighted by molar-refractivity contribution is -0.118. The molecule has 0 aliphatic rings. The van der Waals surface area contributed by atoms with E-state index in [-0.39, 0.29) is 16.8 Å². The van der Waals surface area contributed by atoms with Crippen LogP contribution in [-0.4, -0.2) is 24.0 Å². The van der Waals surface area contributed by atoms with Crippen molar-refractivity contribution >= 4 is 29.2 Å². The van der Waals surface area contributed by atoms with E-state index in [1.165, 1.54) is 0 Å². The highest BCUT2D eigenvalue weighted by Gasteiger charge is 2.28. The predicted octanol–water partition coefficient (Wildman–Crippen LogP) is 4.01. The number of pyridine rings is 1. The molecule has 6 nitrogen and oxygen atoms in total. The maximum absolute atomic E-state index is 14.5. The molecule has 2 aromatic rings. The minimum atomic E-state index is -3.58. The average Bonchev–Trinajstić information content (AvgIpc) is 2.59. The molecule has 0 fully saturated rings. The molecule has 0 bridgehead atoms. The second-order valence-electron chi connectivity index (χ2n) is 5.26. The van der Waals surface area contributed by atoms with Gasteiger partial charge in [-0.1, -0.05) is 11.6 Å². The van der Waals surface area contributed by atoms with Gasteiger partial charge in [-0.3, -0.25) is 15.6 Å². The number of ether oxygens (including phenoxy) is 1. The van der Waals surface area contributed by atoms with Crippen molar-refractivity contribution in [3.63, 3.8) is 0 Å². The summed E-state index contributed by atoms with van der Waals surface area (Å²) in [5.74, 6) is -6.94. The number of carbonyl (C=O) groups excluding carboxylic acids is 2. The van der Waals surface area contributed by atoms with Gasteiger partial charge in [-0.2, -0.15) is 0 Å². The number of nitrogens with one attached hydrogen (secondary N) is 2. The largest absolute Gasteiger partial charge is 0.464 e. The maximum Gasteiger partial charge on any atom is 0.358 e. The molecule has 0 saturated carbocycles. The van der Waals surface area contributed by atoms with Crippen LogP contribution in [0.15, 0.2) is 12.1 Å². The number of benzene rings is 1. The number of carbonyl (C=O) groups is 2. The average molecular weight is 424 g/mol. The summed E-state index contributed by atoms with van der Waals surface area (Å²) in [6.07, 6.45) is -3.58. The zero-order valence-corrected chi connectivity index (χ0v) is 14.9. The summed E-state index contributed by atoms with van der Waals surface area (Å²) in [6, 6.07) is 0.939. The highest BCUT2D eigenvalue weighted by molar-refractivity contribution is 6.36. The molecule has 0 spiro atoms. The van der Waals surface area contributed by atoms with Crippen LogP contribution in [0.2, 0.25) is 5.02 Å². The van der Waals surface area contributed by atoms with Gasteiger partial charge in [-0.25, -0.2) is 31.7 Å². The number of amides is 1. The Bertz CT molecular complexity index is 956. The number of rotatable bonds is 5. The van der Waals surface area contributed by atoms with Crippen molar-refractivity contribution in [2.24, 2.45) is 0 Å². The van der Waals surface area contributed by atoms with Gasteiger partial charge in [-0.15, -0.1) is 0 Å². The number of halogens is 6. The van der Waals surface area contributed by atoms with E-state index < -0.39 is 58.3 Å². The summed E-state index contributed by atoms with van der Waals surface area (Å²) >= 11 is 5.97. The minimum absolute atomic E-state index is 0.0644. The fraction of sp³-hybridized carbons (Fsp3) is 0.188. The lowest BCUT2D eigenvalue weighted by Gasteiger charge is -2.15. The van der Waals surface area contributed by atoms with E-state index in [1.807, 2.05) is 0 Å². The van der Waals surface area contributed by atoms with Crippen LogP contribution in [0.4, 0.5) is 27.6 Å². The summed E-state index contributed by atoms with van der Waals surface area (Å²) in [6.45, 7) is 1.12. The van der Waals surface area contributed by atoms with Gasteiger partial charge in [0.15, 0.2) is 5.69 Å². The summed E-state index contributed by atoms with van der Waals surface area (Å²) < 4.78 is 72.6. The number of anilines is 1. The first-order valence-corrected chi connectivity index (χ1v) is 7.73. The molecule has 1 aromatic heterocycles. The van der Waals surface area contributed by atoms with Crippen molar-refractivity contribution in [2.45, 2.75) is 13.3 Å². The molecule has 0 unspecified atom stereocenters. The number of hydrogen-bond donors (Lipinski definition) is 2. The summed E-state index contributed by atoms with van der Waals surface area (Å²) in [5.41, 5.74) is 0.0656. The number of aromatic nitrogens is 1. The Morgan fingerprint density at radius 3 is 2.36 bits per heavy atom. The Hall–Kier alpha value is -2.95. The molecule has 2 N–H and O–H groups in total. The topological polar surface area (TPSA) is 80.3 Å². The van der Waals surface area contributed by atoms with Gasteiger partial charge in [0.2, 0.25) is 5.91 Å². The number of methoxy groups -OCH3 is 1. The molecular formula is C16H11ClF5N3O3. The van der Waals surface area contributed by atoms with E-state index in [0.717, 1.165) is 20.1 Å². The second kappa shape index (κ2) is 8.38. The zero-order valence-electron chi connectivity index (χ0n) is 14.2. The van der Waals surface area contributed by atoms with Gasteiger partial charge in [0.25, 0.3) is 6.43 Å². The smallest absolute Gasteiger partial charge is 0.358 e. The van der Waals surface area contributed by atoms with Crippen LogP contribution in [0.3, 0.4) is 0 Å². The Morgan fingerprint density at radius 1 is 1.18 bits per heavy atom. The molecule has 0 radical (unpaired) electrons. The number of alkyl halides is 2. The maximum atomic E-state index is 14.5. The summed E-state index contributed by atoms with van der Waals surface area (Å²) in [5, 5.41) is -0.388. The summed E-state index contributed by atoms with van der Waals surface area (Å²) in [4.78, 5) is 26.6. The molecule has 0 saturated heterocycles. The zero-order chi connectivity index (χ0) is 21.2. The van der Waals surface area contributed by atoms with Gasteiger partial charge in [0, 0.05) is 13.0 Å². The molecule has 1 aromatic carbocycles. The lowest BCUT2D eigenvalue weighted by Crippen LogP contribution is -2.27. The third-order valence-corrected chi connectivity index (χ3v) is 3.77. The van der Waals surface area contributed by atoms with Crippen LogP contribution in [0, 0.1) is 17.5 Å². The second-order valence-corrected chi connectivity index (χ2v) is 5.64. The standard InChI is InChI=1S/C16H11ClF5N3O3/c1-5(26)24-25-9-4-8(23-14(12(9)17)16(27)28-2)10-6(18)3-7(19)11(13(10)20)15(21)22/h3-4,15H,1-2H3,(H,23,25)(H,24,26). The van der Waals surface area contributed by atoms with Gasteiger partial charge in [-0.05, 0) is 6.07 Å². The van der Waals surface area contributed by atoms with Gasteiger partial charge in [0.1, 0.15) is 17.5 Å². The van der Waals surface area contributed by atoms with Gasteiger partial charge in [0.05, 0.1) is 34.6 Å². The van der Waals surface area contributed by atoms with E-state index in [9.17, 15) is 31.5 Å². The van der Waals surface area contributed by atoms with Gasteiger partial charge < -0.3 is 4.74 Å². The first-order chi connectivity index (χ1) is 13.1. The number of hydrazine groups is 1. The first kappa shape index (κ1) is 21.4. The molecule has 150 valence electrons. The normalized spacial score (nSPS) is 10.8. The van der Waals surface area contributed by atoms with Crippen LogP contribution in [-0.2, 0) is 9.53 Å². The quantitative estimate of drug-likeness (QED) is 0.431. The number of nitrogens with zero attached hydrogens (tertiary/aromatic N) is 1. The minimum Gasteiger partial charge on any atom is -0.464 e. The van der Waals surface area contributed by atoms with Crippen molar-refractivity contribution < 1.29 is 36.3 Å². The Kier molecular flexibility index (Phi) is 6.39. The van der Waals surface area contributed by atoms with Crippen LogP contribution in [0.1, 0.15) is 29.4 Å². The third-order valence-electron chi connectivity index (χ3n) is 3.39.